The summed E-state index contributed by atoms with van der Waals surface area (Å²) in [6, 6.07) is 0. The number of ether oxygens (including phenoxy) is 1. The number of hydrogen-bond donors (Lipinski definition) is 2. The van der Waals surface area contributed by atoms with E-state index < -0.39 is 0 Å². The van der Waals surface area contributed by atoms with E-state index in [0.29, 0.717) is 18.7 Å². The smallest absolute Gasteiger partial charge is 0.220 e. The minimum absolute atomic E-state index is 0.0632. The van der Waals surface area contributed by atoms with Crippen molar-refractivity contribution in [2.45, 2.75) is 31.3 Å². The molecule has 0 aromatic heterocycles. The molecule has 0 spiro atoms. The van der Waals surface area contributed by atoms with Crippen LogP contribution in [-0.2, 0) is 9.53 Å². The number of nitrogens with one attached hydrogen (secondary N) is 1. The van der Waals surface area contributed by atoms with Crippen LogP contribution in [0.3, 0.4) is 0 Å². The highest BCUT2D eigenvalue weighted by Crippen LogP contribution is 2.34. The molecule has 1 rings (SSSR count). The van der Waals surface area contributed by atoms with E-state index in [9.17, 15) is 4.79 Å². The predicted molar refractivity (Wildman–Crippen MR) is 55.1 cm³/mol. The van der Waals surface area contributed by atoms with Gasteiger partial charge < -0.3 is 10.1 Å². The molecular weight excluding hydrogens is 186 g/mol. The first kappa shape index (κ1) is 10.9. The minimum atomic E-state index is -0.0632. The topological polar surface area (TPSA) is 38.3 Å². The van der Waals surface area contributed by atoms with Gasteiger partial charge in [0.1, 0.15) is 0 Å². The highest BCUT2D eigenvalue weighted by atomic mass is 32.1. The van der Waals surface area contributed by atoms with Crippen LogP contribution < -0.4 is 5.32 Å². The number of carbonyl (C=O) groups is 1. The molecule has 0 bridgehead atoms. The second-order valence-electron chi connectivity index (χ2n) is 3.49. The van der Waals surface area contributed by atoms with Crippen molar-refractivity contribution in [1.82, 2.24) is 5.32 Å². The fourth-order valence-corrected chi connectivity index (χ4v) is 1.68. The molecule has 1 aliphatic carbocycles. The maximum absolute atomic E-state index is 11.1. The maximum atomic E-state index is 11.1. The van der Waals surface area contributed by atoms with Crippen molar-refractivity contribution in [3.05, 3.63) is 0 Å². The van der Waals surface area contributed by atoms with E-state index in [1.165, 1.54) is 6.42 Å². The van der Waals surface area contributed by atoms with Gasteiger partial charge in [0.25, 0.3) is 0 Å². The predicted octanol–water partition coefficient (Wildman–Crippen LogP) is 0.992. The molecule has 1 N–H and O–H groups in total. The lowest BCUT2D eigenvalue weighted by molar-refractivity contribution is -0.124. The van der Waals surface area contributed by atoms with E-state index in [1.54, 1.807) is 7.11 Å². The summed E-state index contributed by atoms with van der Waals surface area (Å²) in [7, 11) is 1.71. The maximum Gasteiger partial charge on any atom is 0.220 e. The van der Waals surface area contributed by atoms with Gasteiger partial charge in [0.05, 0.1) is 5.60 Å². The average molecular weight is 203 g/mol. The van der Waals surface area contributed by atoms with Crippen LogP contribution in [0.5, 0.6) is 0 Å². The van der Waals surface area contributed by atoms with E-state index in [4.69, 9.17) is 4.74 Å². The highest BCUT2D eigenvalue weighted by molar-refractivity contribution is 7.80. The second kappa shape index (κ2) is 4.86. The molecule has 0 aromatic carbocycles. The van der Waals surface area contributed by atoms with Crippen molar-refractivity contribution in [2.24, 2.45) is 0 Å². The SMILES string of the molecule is COC1(CNC(=O)CCS)CCC1. The Morgan fingerprint density at radius 2 is 2.31 bits per heavy atom. The average Bonchev–Trinajstić information content (AvgIpc) is 2.04. The summed E-state index contributed by atoms with van der Waals surface area (Å²) >= 11 is 3.99. The fourth-order valence-electron chi connectivity index (χ4n) is 1.47. The summed E-state index contributed by atoms with van der Waals surface area (Å²) in [5.74, 6) is 0.671. The van der Waals surface area contributed by atoms with Crippen LogP contribution in [0.15, 0.2) is 0 Å². The Labute approximate surface area is 84.6 Å². The first-order valence-electron chi connectivity index (χ1n) is 4.65. The van der Waals surface area contributed by atoms with E-state index >= 15 is 0 Å². The van der Waals surface area contributed by atoms with Gasteiger partial charge in [-0.25, -0.2) is 0 Å². The summed E-state index contributed by atoms with van der Waals surface area (Å²) in [6.07, 6.45) is 3.81. The summed E-state index contributed by atoms with van der Waals surface area (Å²) in [5, 5.41) is 2.86. The van der Waals surface area contributed by atoms with Crippen LogP contribution in [0.25, 0.3) is 0 Å². The van der Waals surface area contributed by atoms with Crippen LogP contribution in [0.1, 0.15) is 25.7 Å². The molecule has 76 valence electrons. The monoisotopic (exact) mass is 203 g/mol. The van der Waals surface area contributed by atoms with Crippen molar-refractivity contribution in [3.8, 4) is 0 Å². The molecule has 3 nitrogen and oxygen atoms in total. The Morgan fingerprint density at radius 3 is 2.69 bits per heavy atom. The molecule has 0 saturated heterocycles. The summed E-state index contributed by atoms with van der Waals surface area (Å²) in [5.41, 5.74) is -0.0632. The normalized spacial score (nSPS) is 19.2. The van der Waals surface area contributed by atoms with Crippen LogP contribution >= 0.6 is 12.6 Å². The van der Waals surface area contributed by atoms with Crippen LogP contribution in [-0.4, -0.2) is 30.9 Å². The van der Waals surface area contributed by atoms with Gasteiger partial charge in [-0.05, 0) is 25.0 Å². The molecule has 4 heteroatoms. The van der Waals surface area contributed by atoms with E-state index in [-0.39, 0.29) is 11.5 Å². The largest absolute Gasteiger partial charge is 0.376 e. The van der Waals surface area contributed by atoms with Gasteiger partial charge in [0, 0.05) is 20.1 Å². The van der Waals surface area contributed by atoms with Crippen molar-refractivity contribution >= 4 is 18.5 Å². The zero-order valence-corrected chi connectivity index (χ0v) is 8.90. The Balaban J connectivity index is 2.20. The van der Waals surface area contributed by atoms with E-state index in [2.05, 4.69) is 17.9 Å². The molecule has 0 unspecified atom stereocenters. The molecule has 0 atom stereocenters. The second-order valence-corrected chi connectivity index (χ2v) is 3.94. The third-order valence-corrected chi connectivity index (χ3v) is 2.87. The van der Waals surface area contributed by atoms with Crippen LogP contribution in [0.4, 0.5) is 0 Å². The van der Waals surface area contributed by atoms with E-state index in [0.717, 1.165) is 12.8 Å². The van der Waals surface area contributed by atoms with Crippen molar-refractivity contribution in [2.75, 3.05) is 19.4 Å². The van der Waals surface area contributed by atoms with E-state index in [1.807, 2.05) is 0 Å². The lowest BCUT2D eigenvalue weighted by Crippen LogP contribution is -2.49. The van der Waals surface area contributed by atoms with Gasteiger partial charge in [-0.15, -0.1) is 0 Å². The van der Waals surface area contributed by atoms with Crippen molar-refractivity contribution < 1.29 is 9.53 Å². The summed E-state index contributed by atoms with van der Waals surface area (Å²) in [6.45, 7) is 0.649. The molecule has 1 amide bonds. The number of hydrogen-bond acceptors (Lipinski definition) is 3. The van der Waals surface area contributed by atoms with Crippen LogP contribution in [0.2, 0.25) is 0 Å². The molecule has 1 aliphatic rings. The van der Waals surface area contributed by atoms with Crippen molar-refractivity contribution in [1.29, 1.82) is 0 Å². The molecule has 13 heavy (non-hydrogen) atoms. The van der Waals surface area contributed by atoms with Gasteiger partial charge in [-0.2, -0.15) is 12.6 Å². The zero-order valence-electron chi connectivity index (χ0n) is 8.01. The molecule has 1 saturated carbocycles. The Bertz CT molecular complexity index is 175. The van der Waals surface area contributed by atoms with Gasteiger partial charge >= 0.3 is 0 Å². The standard InChI is InChI=1S/C9H17NO2S/c1-12-9(4-2-5-9)7-10-8(11)3-6-13/h13H,2-7H2,1H3,(H,10,11). The number of thiol groups is 1. The lowest BCUT2D eigenvalue weighted by atomic mass is 9.80. The zero-order chi connectivity index (χ0) is 9.73. The molecule has 1 fully saturated rings. The molecular formula is C9H17NO2S. The van der Waals surface area contributed by atoms with Crippen molar-refractivity contribution in [3.63, 3.8) is 0 Å². The Hall–Kier alpha value is -0.220. The third-order valence-electron chi connectivity index (χ3n) is 2.64. The molecule has 0 radical (unpaired) electrons. The number of amides is 1. The van der Waals surface area contributed by atoms with Gasteiger partial charge in [0.15, 0.2) is 0 Å². The van der Waals surface area contributed by atoms with Crippen LogP contribution in [0, 0.1) is 0 Å². The first-order chi connectivity index (χ1) is 6.22. The Kier molecular flexibility index (Phi) is 4.06. The summed E-state index contributed by atoms with van der Waals surface area (Å²) < 4.78 is 5.37. The fraction of sp³-hybridized carbons (Fsp3) is 0.889. The molecule has 0 heterocycles. The summed E-state index contributed by atoms with van der Waals surface area (Å²) in [4.78, 5) is 11.1. The third kappa shape index (κ3) is 2.88. The molecule has 0 aliphatic heterocycles. The van der Waals surface area contributed by atoms with Gasteiger partial charge in [-0.3, -0.25) is 4.79 Å². The number of rotatable bonds is 5. The quantitative estimate of drug-likeness (QED) is 0.654. The van der Waals surface area contributed by atoms with Gasteiger partial charge in [0.2, 0.25) is 5.91 Å². The number of methoxy groups -OCH3 is 1. The molecule has 0 aromatic rings. The Morgan fingerprint density at radius 1 is 1.62 bits per heavy atom. The number of carbonyl (C=O) groups excluding carboxylic acids is 1. The highest BCUT2D eigenvalue weighted by Gasteiger charge is 2.36. The lowest BCUT2D eigenvalue weighted by Gasteiger charge is -2.40. The first-order valence-corrected chi connectivity index (χ1v) is 5.28. The van der Waals surface area contributed by atoms with Gasteiger partial charge in [-0.1, -0.05) is 0 Å². The minimum Gasteiger partial charge on any atom is -0.376 e.